The summed E-state index contributed by atoms with van der Waals surface area (Å²) >= 11 is 6.17. The van der Waals surface area contributed by atoms with Crippen LogP contribution >= 0.6 is 11.6 Å². The second kappa shape index (κ2) is 5.10. The first-order valence-electron chi connectivity index (χ1n) is 6.17. The Labute approximate surface area is 120 Å². The lowest BCUT2D eigenvalue weighted by Gasteiger charge is -2.06. The van der Waals surface area contributed by atoms with Gasteiger partial charge < -0.3 is 4.57 Å². The van der Waals surface area contributed by atoms with Crippen LogP contribution in [0.4, 0.5) is 4.39 Å². The van der Waals surface area contributed by atoms with E-state index in [1.807, 2.05) is 24.4 Å². The van der Waals surface area contributed by atoms with E-state index < -0.39 is 5.82 Å². The van der Waals surface area contributed by atoms with Crippen LogP contribution in [-0.2, 0) is 6.54 Å². The first kappa shape index (κ1) is 12.9. The molecule has 0 unspecified atom stereocenters. The van der Waals surface area contributed by atoms with Gasteiger partial charge in [-0.05, 0) is 24.3 Å². The molecule has 0 atom stereocenters. The van der Waals surface area contributed by atoms with Crippen molar-refractivity contribution in [2.24, 2.45) is 0 Å². The lowest BCUT2D eigenvalue weighted by molar-refractivity contribution is 0.0973. The maximum atomic E-state index is 13.1. The minimum atomic E-state index is -0.411. The third-order valence-electron chi connectivity index (χ3n) is 3.20. The smallest absolute Gasteiger partial charge is 0.182 e. The van der Waals surface area contributed by atoms with E-state index >= 15 is 0 Å². The van der Waals surface area contributed by atoms with Crippen LogP contribution < -0.4 is 0 Å². The molecule has 2 aromatic carbocycles. The van der Waals surface area contributed by atoms with E-state index in [1.165, 1.54) is 18.2 Å². The summed E-state index contributed by atoms with van der Waals surface area (Å²) < 4.78 is 14.9. The number of fused-ring (bicyclic) bond motifs is 1. The highest BCUT2D eigenvalue weighted by atomic mass is 35.5. The van der Waals surface area contributed by atoms with Gasteiger partial charge in [0.1, 0.15) is 5.82 Å². The second-order valence-corrected chi connectivity index (χ2v) is 4.96. The number of rotatable bonds is 3. The van der Waals surface area contributed by atoms with Crippen LogP contribution in [0.1, 0.15) is 10.4 Å². The SMILES string of the molecule is O=C(Cn1ccc2cccc(Cl)c21)c1cccc(F)c1. The number of halogens is 2. The predicted octanol–water partition coefficient (Wildman–Crippen LogP) is 4.32. The Bertz CT molecular complexity index is 794. The van der Waals surface area contributed by atoms with E-state index in [0.29, 0.717) is 10.6 Å². The molecule has 0 fully saturated rings. The van der Waals surface area contributed by atoms with E-state index in [4.69, 9.17) is 11.6 Å². The number of benzene rings is 2. The fourth-order valence-electron chi connectivity index (χ4n) is 2.25. The third-order valence-corrected chi connectivity index (χ3v) is 3.50. The minimum absolute atomic E-state index is 0.136. The molecule has 1 heterocycles. The number of nitrogens with zero attached hydrogens (tertiary/aromatic N) is 1. The van der Waals surface area contributed by atoms with Gasteiger partial charge in [-0.2, -0.15) is 0 Å². The number of carbonyl (C=O) groups is 1. The zero-order chi connectivity index (χ0) is 14.1. The van der Waals surface area contributed by atoms with Crippen molar-refractivity contribution in [3.8, 4) is 0 Å². The average Bonchev–Trinajstić information content (AvgIpc) is 2.83. The molecule has 4 heteroatoms. The minimum Gasteiger partial charge on any atom is -0.338 e. The van der Waals surface area contributed by atoms with Gasteiger partial charge in [0, 0.05) is 17.1 Å². The lowest BCUT2D eigenvalue weighted by Crippen LogP contribution is -2.09. The van der Waals surface area contributed by atoms with Gasteiger partial charge in [0.15, 0.2) is 5.78 Å². The van der Waals surface area contributed by atoms with Crippen molar-refractivity contribution < 1.29 is 9.18 Å². The summed E-state index contributed by atoms with van der Waals surface area (Å²) in [5.41, 5.74) is 1.18. The van der Waals surface area contributed by atoms with Crippen molar-refractivity contribution in [2.75, 3.05) is 0 Å². The van der Waals surface area contributed by atoms with Crippen LogP contribution in [0, 0.1) is 5.82 Å². The summed E-state index contributed by atoms with van der Waals surface area (Å²) in [7, 11) is 0. The predicted molar refractivity (Wildman–Crippen MR) is 77.7 cm³/mol. The highest BCUT2D eigenvalue weighted by Gasteiger charge is 2.11. The maximum absolute atomic E-state index is 13.1. The molecule has 3 rings (SSSR count). The van der Waals surface area contributed by atoms with Gasteiger partial charge in [-0.25, -0.2) is 4.39 Å². The standard InChI is InChI=1S/C16H11ClFNO/c17-14-6-2-3-11-7-8-19(16(11)14)10-15(20)12-4-1-5-13(18)9-12/h1-9H,10H2. The Morgan fingerprint density at radius 2 is 1.95 bits per heavy atom. The second-order valence-electron chi connectivity index (χ2n) is 4.55. The molecule has 100 valence electrons. The van der Waals surface area contributed by atoms with E-state index in [0.717, 1.165) is 10.9 Å². The van der Waals surface area contributed by atoms with Crippen molar-refractivity contribution >= 4 is 28.3 Å². The van der Waals surface area contributed by atoms with Gasteiger partial charge >= 0.3 is 0 Å². The summed E-state index contributed by atoms with van der Waals surface area (Å²) in [5, 5.41) is 1.57. The van der Waals surface area contributed by atoms with Crippen molar-refractivity contribution in [3.63, 3.8) is 0 Å². The molecule has 0 spiro atoms. The van der Waals surface area contributed by atoms with Gasteiger partial charge in [-0.15, -0.1) is 0 Å². The molecule has 2 nitrogen and oxygen atoms in total. The van der Waals surface area contributed by atoms with Gasteiger partial charge in [-0.3, -0.25) is 4.79 Å². The Morgan fingerprint density at radius 1 is 1.15 bits per heavy atom. The highest BCUT2D eigenvalue weighted by molar-refractivity contribution is 6.35. The number of hydrogen-bond acceptors (Lipinski definition) is 1. The molecule has 0 saturated heterocycles. The van der Waals surface area contributed by atoms with Crippen LogP contribution in [0.5, 0.6) is 0 Å². The lowest BCUT2D eigenvalue weighted by atomic mass is 10.1. The number of Topliss-reactive ketones (excluding diaryl/α,β-unsaturated/α-hetero) is 1. The number of hydrogen-bond donors (Lipinski definition) is 0. The Morgan fingerprint density at radius 3 is 2.75 bits per heavy atom. The fourth-order valence-corrected chi connectivity index (χ4v) is 2.54. The molecular formula is C16H11ClFNO. The average molecular weight is 288 g/mol. The van der Waals surface area contributed by atoms with Crippen LogP contribution in [0.15, 0.2) is 54.7 Å². The molecule has 0 N–H and O–H groups in total. The molecule has 3 aromatic rings. The third kappa shape index (κ3) is 2.32. The summed E-state index contributed by atoms with van der Waals surface area (Å²) in [6, 6.07) is 13.2. The quantitative estimate of drug-likeness (QED) is 0.658. The maximum Gasteiger partial charge on any atom is 0.182 e. The fraction of sp³-hybridized carbons (Fsp3) is 0.0625. The largest absolute Gasteiger partial charge is 0.338 e. The van der Waals surface area contributed by atoms with E-state index in [-0.39, 0.29) is 12.3 Å². The molecule has 0 bridgehead atoms. The van der Waals surface area contributed by atoms with Crippen molar-refractivity contribution in [1.82, 2.24) is 4.57 Å². The number of aromatic nitrogens is 1. The zero-order valence-electron chi connectivity index (χ0n) is 10.5. The van der Waals surface area contributed by atoms with Gasteiger partial charge in [0.05, 0.1) is 17.1 Å². The molecule has 0 aliphatic heterocycles. The number of para-hydroxylation sites is 1. The summed E-state index contributed by atoms with van der Waals surface area (Å²) in [6.45, 7) is 0.136. The Hall–Kier alpha value is -2.13. The molecule has 20 heavy (non-hydrogen) atoms. The van der Waals surface area contributed by atoms with Crippen LogP contribution in [0.25, 0.3) is 10.9 Å². The van der Waals surface area contributed by atoms with Gasteiger partial charge in [0.25, 0.3) is 0 Å². The molecule has 0 amide bonds. The van der Waals surface area contributed by atoms with Crippen molar-refractivity contribution in [2.45, 2.75) is 6.54 Å². The van der Waals surface area contributed by atoms with Crippen LogP contribution in [-0.4, -0.2) is 10.4 Å². The van der Waals surface area contributed by atoms with Crippen LogP contribution in [0.2, 0.25) is 5.02 Å². The normalized spacial score (nSPS) is 10.9. The van der Waals surface area contributed by atoms with E-state index in [2.05, 4.69) is 0 Å². The van der Waals surface area contributed by atoms with Crippen LogP contribution in [0.3, 0.4) is 0 Å². The first-order chi connectivity index (χ1) is 9.65. The molecule has 1 aromatic heterocycles. The summed E-state index contributed by atoms with van der Waals surface area (Å²) in [6.07, 6.45) is 1.81. The summed E-state index contributed by atoms with van der Waals surface area (Å²) in [4.78, 5) is 12.2. The highest BCUT2D eigenvalue weighted by Crippen LogP contribution is 2.24. The van der Waals surface area contributed by atoms with Crippen molar-refractivity contribution in [1.29, 1.82) is 0 Å². The zero-order valence-corrected chi connectivity index (χ0v) is 11.3. The monoisotopic (exact) mass is 287 g/mol. The molecule has 0 radical (unpaired) electrons. The Balaban J connectivity index is 1.96. The summed E-state index contributed by atoms with van der Waals surface area (Å²) in [5.74, 6) is -0.562. The molecule has 0 saturated carbocycles. The number of carbonyl (C=O) groups excluding carboxylic acids is 1. The molecule has 0 aliphatic rings. The Kier molecular flexibility index (Phi) is 3.28. The molecule has 0 aliphatic carbocycles. The number of ketones is 1. The topological polar surface area (TPSA) is 22.0 Å². The van der Waals surface area contributed by atoms with E-state index in [1.54, 1.807) is 16.7 Å². The van der Waals surface area contributed by atoms with Gasteiger partial charge in [-0.1, -0.05) is 35.9 Å². The first-order valence-corrected chi connectivity index (χ1v) is 6.55. The van der Waals surface area contributed by atoms with E-state index in [9.17, 15) is 9.18 Å². The van der Waals surface area contributed by atoms with Gasteiger partial charge in [0.2, 0.25) is 0 Å². The van der Waals surface area contributed by atoms with Crippen molar-refractivity contribution in [3.05, 3.63) is 71.1 Å². The molecular weight excluding hydrogens is 277 g/mol.